The second kappa shape index (κ2) is 9.14. The maximum Gasteiger partial charge on any atom is 0.348 e. The summed E-state index contributed by atoms with van der Waals surface area (Å²) >= 11 is 1.32. The number of ether oxygens (including phenoxy) is 2. The minimum absolute atomic E-state index is 0.177. The van der Waals surface area contributed by atoms with Gasteiger partial charge in [-0.2, -0.15) is 0 Å². The highest BCUT2D eigenvalue weighted by molar-refractivity contribution is 7.20. The van der Waals surface area contributed by atoms with E-state index in [1.807, 2.05) is 75.4 Å². The van der Waals surface area contributed by atoms with Crippen molar-refractivity contribution in [3.63, 3.8) is 0 Å². The average molecular weight is 434 g/mol. The van der Waals surface area contributed by atoms with Crippen LogP contribution in [-0.2, 0) is 11.3 Å². The number of nitrogens with zero attached hydrogens (tertiary/aromatic N) is 2. The topological polar surface area (TPSA) is 73.3 Å². The van der Waals surface area contributed by atoms with E-state index in [1.165, 1.54) is 17.7 Å². The molecule has 0 radical (unpaired) electrons. The minimum atomic E-state index is -0.332. The van der Waals surface area contributed by atoms with Crippen LogP contribution in [0.4, 0.5) is 11.5 Å². The molecule has 0 aliphatic carbocycles. The molecule has 2 aromatic heterocycles. The fourth-order valence-electron chi connectivity index (χ4n) is 3.14. The van der Waals surface area contributed by atoms with E-state index in [2.05, 4.69) is 15.3 Å². The molecule has 0 saturated carbocycles. The van der Waals surface area contributed by atoms with Crippen LogP contribution in [0.25, 0.3) is 10.2 Å². The highest BCUT2D eigenvalue weighted by Crippen LogP contribution is 2.35. The number of anilines is 2. The van der Waals surface area contributed by atoms with Gasteiger partial charge in [0.05, 0.1) is 11.5 Å². The van der Waals surface area contributed by atoms with Gasteiger partial charge in [0.2, 0.25) is 0 Å². The van der Waals surface area contributed by atoms with Gasteiger partial charge >= 0.3 is 5.97 Å². The molecule has 158 valence electrons. The van der Waals surface area contributed by atoms with Crippen molar-refractivity contribution < 1.29 is 14.3 Å². The molecule has 2 heterocycles. The number of hydrogen-bond acceptors (Lipinski definition) is 7. The van der Waals surface area contributed by atoms with E-state index in [9.17, 15) is 4.79 Å². The lowest BCUT2D eigenvalue weighted by Crippen LogP contribution is -2.11. The first-order valence-electron chi connectivity index (χ1n) is 10.00. The minimum Gasteiger partial charge on any atom is -0.489 e. The van der Waals surface area contributed by atoms with Gasteiger partial charge in [0.25, 0.3) is 0 Å². The highest BCUT2D eigenvalue weighted by atomic mass is 32.1. The first-order valence-corrected chi connectivity index (χ1v) is 10.8. The van der Waals surface area contributed by atoms with Crippen molar-refractivity contribution in [1.82, 2.24) is 9.97 Å². The number of benzene rings is 2. The molecule has 0 aliphatic rings. The highest BCUT2D eigenvalue weighted by Gasteiger charge is 2.21. The first kappa shape index (κ1) is 20.8. The summed E-state index contributed by atoms with van der Waals surface area (Å²) in [6.07, 6.45) is 1.32. The number of nitrogens with one attached hydrogen (secondary N) is 1. The van der Waals surface area contributed by atoms with Crippen LogP contribution in [0.2, 0.25) is 0 Å². The molecule has 4 aromatic rings. The normalized spacial score (nSPS) is 11.0. The summed E-state index contributed by atoms with van der Waals surface area (Å²) in [6.45, 7) is 6.08. The lowest BCUT2D eigenvalue weighted by atomic mass is 10.2. The molecule has 0 unspecified atom stereocenters. The lowest BCUT2D eigenvalue weighted by Gasteiger charge is -2.10. The van der Waals surface area contributed by atoms with E-state index < -0.39 is 0 Å². The third kappa shape index (κ3) is 4.83. The number of thiophene rings is 1. The summed E-state index contributed by atoms with van der Waals surface area (Å²) < 4.78 is 11.2. The van der Waals surface area contributed by atoms with E-state index in [1.54, 1.807) is 0 Å². The van der Waals surface area contributed by atoms with E-state index in [0.717, 1.165) is 32.8 Å². The van der Waals surface area contributed by atoms with Gasteiger partial charge in [-0.25, -0.2) is 14.8 Å². The largest absolute Gasteiger partial charge is 0.489 e. The maximum absolute atomic E-state index is 12.4. The quantitative estimate of drug-likeness (QED) is 0.367. The van der Waals surface area contributed by atoms with Crippen LogP contribution < -0.4 is 10.1 Å². The molecule has 1 N–H and O–H groups in total. The molecule has 0 amide bonds. The molecule has 7 heteroatoms. The Kier molecular flexibility index (Phi) is 6.13. The van der Waals surface area contributed by atoms with Crippen LogP contribution in [0.3, 0.4) is 0 Å². The Morgan fingerprint density at radius 1 is 1.06 bits per heavy atom. The van der Waals surface area contributed by atoms with Gasteiger partial charge in [-0.3, -0.25) is 0 Å². The molecular formula is C24H23N3O3S. The summed E-state index contributed by atoms with van der Waals surface area (Å²) in [5, 5.41) is 4.16. The Balaban J connectivity index is 1.51. The molecule has 0 aliphatic heterocycles. The molecule has 0 fully saturated rings. The van der Waals surface area contributed by atoms with E-state index in [0.29, 0.717) is 17.3 Å². The Bertz CT molecular complexity index is 1190. The molecule has 0 bridgehead atoms. The van der Waals surface area contributed by atoms with Crippen molar-refractivity contribution in [3.8, 4) is 5.75 Å². The summed E-state index contributed by atoms with van der Waals surface area (Å²) in [4.78, 5) is 22.4. The molecule has 0 saturated heterocycles. The Labute approximate surface area is 184 Å². The number of carbonyl (C=O) groups is 1. The van der Waals surface area contributed by atoms with Crippen molar-refractivity contribution >= 4 is 39.0 Å². The van der Waals surface area contributed by atoms with Gasteiger partial charge in [-0.15, -0.1) is 11.3 Å². The van der Waals surface area contributed by atoms with Crippen LogP contribution >= 0.6 is 11.3 Å². The van der Waals surface area contributed by atoms with E-state index >= 15 is 0 Å². The van der Waals surface area contributed by atoms with Gasteiger partial charge in [-0.05, 0) is 56.2 Å². The lowest BCUT2D eigenvalue weighted by molar-refractivity contribution is 0.0383. The van der Waals surface area contributed by atoms with Crippen LogP contribution in [0.15, 0.2) is 60.9 Å². The standard InChI is InChI=1S/C24H23N3O3S/c1-15(2)30-24(28)21-16(3)20-22(25-14-26-23(20)31-21)27-18-9-11-19(12-10-18)29-13-17-7-5-4-6-8-17/h4-12,14-15H,13H2,1-3H3,(H,25,26,27). The van der Waals surface area contributed by atoms with Crippen LogP contribution in [0.5, 0.6) is 5.75 Å². The number of hydrogen-bond donors (Lipinski definition) is 1. The third-order valence-corrected chi connectivity index (χ3v) is 5.80. The Morgan fingerprint density at radius 3 is 2.52 bits per heavy atom. The van der Waals surface area contributed by atoms with Crippen LogP contribution in [0.1, 0.15) is 34.6 Å². The summed E-state index contributed by atoms with van der Waals surface area (Å²) in [6, 6.07) is 17.7. The molecule has 0 spiro atoms. The van der Waals surface area contributed by atoms with Crippen molar-refractivity contribution in [3.05, 3.63) is 76.9 Å². The Hall–Kier alpha value is -3.45. The van der Waals surface area contributed by atoms with Crippen molar-refractivity contribution in [2.24, 2.45) is 0 Å². The van der Waals surface area contributed by atoms with E-state index in [-0.39, 0.29) is 12.1 Å². The monoisotopic (exact) mass is 433 g/mol. The number of fused-ring (bicyclic) bond motifs is 1. The fourth-order valence-corrected chi connectivity index (χ4v) is 4.17. The smallest absolute Gasteiger partial charge is 0.348 e. The number of aromatic nitrogens is 2. The molecule has 4 rings (SSSR count). The van der Waals surface area contributed by atoms with Crippen LogP contribution in [-0.4, -0.2) is 22.0 Å². The maximum atomic E-state index is 12.4. The predicted octanol–water partition coefficient (Wildman–Crippen LogP) is 5.89. The van der Waals surface area contributed by atoms with Gasteiger partial charge in [0.15, 0.2) is 0 Å². The first-order chi connectivity index (χ1) is 15.0. The molecule has 2 aromatic carbocycles. The molecule has 6 nitrogen and oxygen atoms in total. The van der Waals surface area contributed by atoms with Crippen molar-refractivity contribution in [2.45, 2.75) is 33.5 Å². The third-order valence-electron chi connectivity index (χ3n) is 4.62. The predicted molar refractivity (Wildman–Crippen MR) is 123 cm³/mol. The SMILES string of the molecule is Cc1c(C(=O)OC(C)C)sc2ncnc(Nc3ccc(OCc4ccccc4)cc3)c12. The van der Waals surface area contributed by atoms with Gasteiger partial charge < -0.3 is 14.8 Å². The molecule has 0 atom stereocenters. The fraction of sp³-hybridized carbons (Fsp3) is 0.208. The van der Waals surface area contributed by atoms with Crippen LogP contribution in [0, 0.1) is 6.92 Å². The number of carbonyl (C=O) groups excluding carboxylic acids is 1. The second-order valence-electron chi connectivity index (χ2n) is 7.34. The van der Waals surface area contributed by atoms with Crippen molar-refractivity contribution in [2.75, 3.05) is 5.32 Å². The number of aryl methyl sites for hydroxylation is 1. The average Bonchev–Trinajstić information content (AvgIpc) is 3.11. The Morgan fingerprint density at radius 2 is 1.81 bits per heavy atom. The number of rotatable bonds is 7. The zero-order valence-electron chi connectivity index (χ0n) is 17.6. The summed E-state index contributed by atoms with van der Waals surface area (Å²) in [5.74, 6) is 1.11. The van der Waals surface area contributed by atoms with Gasteiger partial charge in [0, 0.05) is 5.69 Å². The van der Waals surface area contributed by atoms with E-state index in [4.69, 9.17) is 9.47 Å². The molecular weight excluding hydrogens is 410 g/mol. The summed E-state index contributed by atoms with van der Waals surface area (Å²) in [7, 11) is 0. The zero-order chi connectivity index (χ0) is 21.8. The second-order valence-corrected chi connectivity index (χ2v) is 8.34. The number of esters is 1. The van der Waals surface area contributed by atoms with Crippen molar-refractivity contribution in [1.29, 1.82) is 0 Å². The molecule has 31 heavy (non-hydrogen) atoms. The van der Waals surface area contributed by atoms with Gasteiger partial charge in [-0.1, -0.05) is 30.3 Å². The summed E-state index contributed by atoms with van der Waals surface area (Å²) in [5.41, 5.74) is 2.80. The zero-order valence-corrected chi connectivity index (χ0v) is 18.4. The van der Waals surface area contributed by atoms with Gasteiger partial charge in [0.1, 0.15) is 34.2 Å².